The second-order valence-electron chi connectivity index (χ2n) is 18.6. The molecule has 10 rings (SSSR count). The number of rotatable bonds is 13. The molecule has 0 saturated carbocycles. The number of amides is 4. The minimum absolute atomic E-state index is 0.0774. The predicted molar refractivity (Wildman–Crippen MR) is 272 cm³/mol. The zero-order chi connectivity index (χ0) is 48.8. The molecule has 0 bridgehead atoms. The molecule has 2 atom stereocenters. The highest BCUT2D eigenvalue weighted by atomic mass is 35.5. The molecule has 4 aliphatic rings. The molecule has 2 aromatic heterocycles. The topological polar surface area (TPSA) is 187 Å². The summed E-state index contributed by atoms with van der Waals surface area (Å²) < 4.78 is 21.4. The molecular weight excluding hydrogens is 929 g/mol. The van der Waals surface area contributed by atoms with Crippen molar-refractivity contribution in [3.05, 3.63) is 114 Å². The number of benzene rings is 4. The fourth-order valence-electron chi connectivity index (χ4n) is 9.95. The lowest BCUT2D eigenvalue weighted by Crippen LogP contribution is -2.54. The van der Waals surface area contributed by atoms with Crippen LogP contribution in [0, 0.1) is 5.92 Å². The van der Waals surface area contributed by atoms with Crippen LogP contribution in [0.3, 0.4) is 0 Å². The van der Waals surface area contributed by atoms with Crippen LogP contribution < -0.4 is 35.8 Å². The molecule has 3 N–H and O–H groups in total. The van der Waals surface area contributed by atoms with E-state index in [0.29, 0.717) is 44.8 Å². The van der Waals surface area contributed by atoms with E-state index in [-0.39, 0.29) is 24.4 Å². The first kappa shape index (κ1) is 46.6. The molecule has 19 heteroatoms. The Morgan fingerprint density at radius 3 is 2.31 bits per heavy atom. The number of imide groups is 2. The van der Waals surface area contributed by atoms with Gasteiger partial charge in [-0.2, -0.15) is 10.1 Å². The molecule has 1 unspecified atom stereocenters. The van der Waals surface area contributed by atoms with Crippen molar-refractivity contribution in [1.82, 2.24) is 34.9 Å². The maximum atomic E-state index is 13.6. The Hall–Kier alpha value is -7.07. The highest BCUT2D eigenvalue weighted by Gasteiger charge is 2.45. The quantitative estimate of drug-likeness (QED) is 0.0794. The van der Waals surface area contributed by atoms with Crippen molar-refractivity contribution in [3.63, 3.8) is 0 Å². The number of anilines is 6. The molecular formula is C51H53ClN11O6P. The van der Waals surface area contributed by atoms with Gasteiger partial charge < -0.3 is 29.7 Å². The number of carbonyl (C=O) groups is 4. The van der Waals surface area contributed by atoms with Crippen molar-refractivity contribution in [2.24, 2.45) is 13.0 Å². The van der Waals surface area contributed by atoms with Crippen LogP contribution in [0.25, 0.3) is 22.3 Å². The molecule has 3 saturated heterocycles. The van der Waals surface area contributed by atoms with E-state index in [1.165, 1.54) is 6.20 Å². The summed E-state index contributed by atoms with van der Waals surface area (Å²) in [7, 11) is 0.782. The number of piperidine rings is 1. The molecule has 4 amide bonds. The maximum Gasteiger partial charge on any atom is 0.262 e. The molecule has 4 aliphatic heterocycles. The molecule has 3 fully saturated rings. The Balaban J connectivity index is 0.816. The number of hydrogen-bond acceptors (Lipinski definition) is 14. The second-order valence-corrected chi connectivity index (χ2v) is 22.2. The smallest absolute Gasteiger partial charge is 0.262 e. The number of nitrogens with one attached hydrogen (secondary N) is 3. The van der Waals surface area contributed by atoms with Gasteiger partial charge in [0.15, 0.2) is 5.82 Å². The highest BCUT2D eigenvalue weighted by Crippen LogP contribution is 2.43. The third-order valence-electron chi connectivity index (χ3n) is 13.6. The number of aromatic nitrogens is 4. The van der Waals surface area contributed by atoms with Crippen LogP contribution in [0.5, 0.6) is 5.75 Å². The van der Waals surface area contributed by atoms with E-state index in [1.807, 2.05) is 86.2 Å². The summed E-state index contributed by atoms with van der Waals surface area (Å²) in [6.45, 7) is 9.33. The van der Waals surface area contributed by atoms with Crippen molar-refractivity contribution in [1.29, 1.82) is 0 Å². The van der Waals surface area contributed by atoms with Crippen LogP contribution in [-0.2, 0) is 21.2 Å². The Labute approximate surface area is 410 Å². The molecule has 4 aromatic carbocycles. The van der Waals surface area contributed by atoms with E-state index in [4.69, 9.17) is 21.3 Å². The molecule has 6 heterocycles. The minimum Gasteiger partial charge on any atom is -0.494 e. The molecule has 6 aromatic rings. The first-order valence-electron chi connectivity index (χ1n) is 23.3. The van der Waals surface area contributed by atoms with Gasteiger partial charge in [-0.1, -0.05) is 48.0 Å². The third kappa shape index (κ3) is 9.36. The standard InChI is InChI=1S/C51H53ClN11O6P/c1-59-30-34(26-54-59)37-24-41(56-51-53-27-39(52)47(58-51)55-40-13-10-33(22-45(40)70(3,4)68)32-8-6-5-7-9-32)44(69-2)25-43(37)61-20-18-60(19-21-61)28-31-16-17-62(29-31)35-11-12-36-38(23-35)50(67)63(49(36)66)42-14-15-46(64)57-48(42)65/h5-13,22-27,30-31,42H,14-21,28-29H2,1-4H3,(H,57,64,65)(H2,53,55,56,58)/t31-,42?/m1/s1. The average Bonchev–Trinajstić information content (AvgIpc) is 4.07. The van der Waals surface area contributed by atoms with Crippen molar-refractivity contribution in [2.45, 2.75) is 25.3 Å². The van der Waals surface area contributed by atoms with E-state index in [9.17, 15) is 23.7 Å². The Morgan fingerprint density at radius 1 is 0.800 bits per heavy atom. The van der Waals surface area contributed by atoms with Gasteiger partial charge in [0.05, 0.1) is 42.0 Å². The zero-order valence-corrected chi connectivity index (χ0v) is 41.0. The summed E-state index contributed by atoms with van der Waals surface area (Å²) >= 11 is 6.69. The number of nitrogens with zero attached hydrogens (tertiary/aromatic N) is 8. The number of halogens is 1. The fraction of sp³-hybridized carbons (Fsp3) is 0.314. The van der Waals surface area contributed by atoms with Gasteiger partial charge in [0.25, 0.3) is 11.8 Å². The maximum absolute atomic E-state index is 13.6. The van der Waals surface area contributed by atoms with Gasteiger partial charge in [0, 0.05) is 99.4 Å². The predicted octanol–water partition coefficient (Wildman–Crippen LogP) is 6.99. The van der Waals surface area contributed by atoms with Gasteiger partial charge in [0.2, 0.25) is 17.8 Å². The lowest BCUT2D eigenvalue weighted by atomic mass is 10.0. The fourth-order valence-corrected chi connectivity index (χ4v) is 11.3. The van der Waals surface area contributed by atoms with Crippen molar-refractivity contribution in [3.8, 4) is 28.0 Å². The summed E-state index contributed by atoms with van der Waals surface area (Å²) in [6.07, 6.45) is 6.55. The first-order chi connectivity index (χ1) is 33.7. The highest BCUT2D eigenvalue weighted by molar-refractivity contribution is 7.70. The van der Waals surface area contributed by atoms with E-state index >= 15 is 0 Å². The van der Waals surface area contributed by atoms with Crippen LogP contribution >= 0.6 is 18.7 Å². The first-order valence-corrected chi connectivity index (χ1v) is 26.3. The summed E-state index contributed by atoms with van der Waals surface area (Å²) in [4.78, 5) is 68.5. The Kier molecular flexibility index (Phi) is 12.7. The summed E-state index contributed by atoms with van der Waals surface area (Å²) in [5.74, 6) is -0.383. The normalized spacial score (nSPS) is 18.6. The minimum atomic E-state index is -2.75. The molecule has 70 heavy (non-hydrogen) atoms. The summed E-state index contributed by atoms with van der Waals surface area (Å²) in [5, 5.41) is 14.5. The Bertz CT molecular complexity index is 3100. The molecule has 0 spiro atoms. The monoisotopic (exact) mass is 981 g/mol. The van der Waals surface area contributed by atoms with Gasteiger partial charge in [-0.05, 0) is 79.6 Å². The van der Waals surface area contributed by atoms with E-state index < -0.39 is 36.8 Å². The van der Waals surface area contributed by atoms with E-state index in [0.717, 1.165) is 90.8 Å². The van der Waals surface area contributed by atoms with Crippen LogP contribution in [-0.4, -0.2) is 125 Å². The second kappa shape index (κ2) is 19.0. The number of carbonyl (C=O) groups excluding carboxylic acids is 4. The summed E-state index contributed by atoms with van der Waals surface area (Å²) in [5.41, 5.74) is 7.62. The van der Waals surface area contributed by atoms with Gasteiger partial charge >= 0.3 is 0 Å². The van der Waals surface area contributed by atoms with Gasteiger partial charge in [-0.15, -0.1) is 0 Å². The molecule has 17 nitrogen and oxygen atoms in total. The molecule has 0 aliphatic carbocycles. The van der Waals surface area contributed by atoms with Crippen LogP contribution in [0.1, 0.15) is 40.0 Å². The number of hydrogen-bond donors (Lipinski definition) is 3. The van der Waals surface area contributed by atoms with Crippen LogP contribution in [0.4, 0.5) is 34.5 Å². The van der Waals surface area contributed by atoms with Crippen molar-refractivity contribution in [2.75, 3.05) is 86.7 Å². The van der Waals surface area contributed by atoms with E-state index in [1.54, 1.807) is 37.3 Å². The SMILES string of the molecule is COc1cc(N2CCN(C[C@H]3CCN(c4ccc5c(c4)C(=O)N(C4CCC(=O)NC4=O)C5=O)C3)CC2)c(-c2cnn(C)c2)cc1Nc1ncc(Cl)c(Nc2ccc(-c3ccccc3)cc2P(C)(C)=O)n1. The number of fused-ring (bicyclic) bond motifs is 1. The van der Waals surface area contributed by atoms with E-state index in [2.05, 4.69) is 40.7 Å². The summed E-state index contributed by atoms with van der Waals surface area (Å²) in [6, 6.07) is 24.2. The molecule has 360 valence electrons. The van der Waals surface area contributed by atoms with Gasteiger partial charge in [-0.3, -0.25) is 39.0 Å². The number of piperazine rings is 1. The third-order valence-corrected chi connectivity index (χ3v) is 15.4. The lowest BCUT2D eigenvalue weighted by molar-refractivity contribution is -0.136. The largest absolute Gasteiger partial charge is 0.494 e. The average molecular weight is 982 g/mol. The number of ether oxygens (including phenoxy) is 1. The van der Waals surface area contributed by atoms with Crippen molar-refractivity contribution >= 4 is 82.2 Å². The zero-order valence-electron chi connectivity index (χ0n) is 39.3. The Morgan fingerprint density at radius 2 is 1.59 bits per heavy atom. The number of methoxy groups -OCH3 is 1. The lowest BCUT2D eigenvalue weighted by Gasteiger charge is -2.38. The van der Waals surface area contributed by atoms with Crippen LogP contribution in [0.2, 0.25) is 5.02 Å². The number of aryl methyl sites for hydroxylation is 1. The van der Waals surface area contributed by atoms with Crippen molar-refractivity contribution < 1.29 is 28.5 Å². The van der Waals surface area contributed by atoms with Gasteiger partial charge in [0.1, 0.15) is 24.0 Å². The van der Waals surface area contributed by atoms with Gasteiger partial charge in [-0.25, -0.2) is 4.98 Å². The van der Waals surface area contributed by atoms with Crippen LogP contribution in [0.15, 0.2) is 97.5 Å². The molecule has 0 radical (unpaired) electrons.